The van der Waals surface area contributed by atoms with Crippen LogP contribution in [0.1, 0.15) is 28.8 Å². The van der Waals surface area contributed by atoms with Gasteiger partial charge in [0, 0.05) is 18.6 Å². The largest absolute Gasteiger partial charge is 0.493 e. The smallest absolute Gasteiger partial charge is 0.305 e. The summed E-state index contributed by atoms with van der Waals surface area (Å²) in [6.07, 6.45) is -0.463. The molecule has 8 nitrogen and oxygen atoms in total. The van der Waals surface area contributed by atoms with Crippen LogP contribution in [0.5, 0.6) is 23.0 Å². The van der Waals surface area contributed by atoms with E-state index in [2.05, 4.69) is 0 Å². The molecule has 5 rings (SSSR count). The zero-order valence-corrected chi connectivity index (χ0v) is 16.5. The average Bonchev–Trinajstić information content (AvgIpc) is 3.22. The highest BCUT2D eigenvalue weighted by Crippen LogP contribution is 2.49. The fourth-order valence-corrected chi connectivity index (χ4v) is 4.06. The zero-order chi connectivity index (χ0) is 21.0. The lowest BCUT2D eigenvalue weighted by molar-refractivity contribution is -0.179. The minimum Gasteiger partial charge on any atom is -0.493 e. The zero-order valence-electron chi connectivity index (χ0n) is 16.5. The SMILES string of the molecule is COc1cc2c(cc1OC)C1C(=O)c3ccc4occc4c3OC1C(OC(C)=O)O2. The van der Waals surface area contributed by atoms with Crippen molar-refractivity contribution in [3.05, 3.63) is 47.7 Å². The summed E-state index contributed by atoms with van der Waals surface area (Å²) in [5, 5.41) is 0.666. The van der Waals surface area contributed by atoms with Gasteiger partial charge >= 0.3 is 5.97 Å². The summed E-state index contributed by atoms with van der Waals surface area (Å²) in [5.74, 6) is 0.163. The van der Waals surface area contributed by atoms with Crippen LogP contribution < -0.4 is 18.9 Å². The van der Waals surface area contributed by atoms with Gasteiger partial charge in [-0.05, 0) is 24.3 Å². The Morgan fingerprint density at radius 3 is 2.53 bits per heavy atom. The number of ketones is 1. The second-order valence-electron chi connectivity index (χ2n) is 7.04. The van der Waals surface area contributed by atoms with E-state index in [1.54, 1.807) is 30.3 Å². The minimum absolute atomic E-state index is 0.168. The van der Waals surface area contributed by atoms with Crippen molar-refractivity contribution in [2.24, 2.45) is 0 Å². The predicted molar refractivity (Wildman–Crippen MR) is 103 cm³/mol. The van der Waals surface area contributed by atoms with Crippen LogP contribution >= 0.6 is 0 Å². The number of hydrogen-bond donors (Lipinski definition) is 0. The van der Waals surface area contributed by atoms with Gasteiger partial charge in [-0.25, -0.2) is 0 Å². The molecule has 0 spiro atoms. The van der Waals surface area contributed by atoms with Crippen molar-refractivity contribution >= 4 is 22.7 Å². The molecular formula is C22H18O8. The van der Waals surface area contributed by atoms with Crippen molar-refractivity contribution in [1.82, 2.24) is 0 Å². The maximum Gasteiger partial charge on any atom is 0.305 e. The van der Waals surface area contributed by atoms with Crippen LogP contribution in [0.3, 0.4) is 0 Å². The van der Waals surface area contributed by atoms with Crippen molar-refractivity contribution in [2.45, 2.75) is 25.2 Å². The Morgan fingerprint density at radius 1 is 1.03 bits per heavy atom. The van der Waals surface area contributed by atoms with Gasteiger partial charge in [-0.15, -0.1) is 0 Å². The Bertz CT molecular complexity index is 1180. The normalized spacial score (nSPS) is 21.6. The number of carbonyl (C=O) groups excluding carboxylic acids is 2. The van der Waals surface area contributed by atoms with Crippen LogP contribution in [0, 0.1) is 0 Å². The first-order valence-electron chi connectivity index (χ1n) is 9.32. The number of fused-ring (bicyclic) bond motifs is 6. The molecule has 2 aliphatic heterocycles. The summed E-state index contributed by atoms with van der Waals surface area (Å²) in [4.78, 5) is 25.3. The highest BCUT2D eigenvalue weighted by Gasteiger charge is 2.50. The molecule has 0 bridgehead atoms. The van der Waals surface area contributed by atoms with Crippen molar-refractivity contribution in [1.29, 1.82) is 0 Å². The number of rotatable bonds is 3. The van der Waals surface area contributed by atoms with Gasteiger partial charge in [0.25, 0.3) is 6.29 Å². The van der Waals surface area contributed by atoms with Crippen molar-refractivity contribution in [2.75, 3.05) is 14.2 Å². The average molecular weight is 410 g/mol. The van der Waals surface area contributed by atoms with Gasteiger partial charge in [0.2, 0.25) is 0 Å². The van der Waals surface area contributed by atoms with Gasteiger partial charge in [-0.3, -0.25) is 9.59 Å². The van der Waals surface area contributed by atoms with Crippen molar-refractivity contribution in [3.8, 4) is 23.0 Å². The first-order chi connectivity index (χ1) is 14.5. The molecule has 0 N–H and O–H groups in total. The quantitative estimate of drug-likeness (QED) is 0.606. The second kappa shape index (κ2) is 6.69. The third-order valence-corrected chi connectivity index (χ3v) is 5.36. The fraction of sp³-hybridized carbons (Fsp3) is 0.273. The molecule has 3 atom stereocenters. The van der Waals surface area contributed by atoms with Gasteiger partial charge in [0.05, 0.1) is 37.4 Å². The summed E-state index contributed by atoms with van der Waals surface area (Å²) in [7, 11) is 3.01. The molecule has 3 aromatic rings. The van der Waals surface area contributed by atoms with Crippen LogP contribution in [-0.2, 0) is 9.53 Å². The molecule has 154 valence electrons. The van der Waals surface area contributed by atoms with Crippen molar-refractivity contribution < 1.29 is 37.7 Å². The van der Waals surface area contributed by atoms with Gasteiger partial charge < -0.3 is 28.1 Å². The lowest BCUT2D eigenvalue weighted by Crippen LogP contribution is -2.51. The van der Waals surface area contributed by atoms with Gasteiger partial charge in [0.1, 0.15) is 17.1 Å². The molecule has 30 heavy (non-hydrogen) atoms. The van der Waals surface area contributed by atoms with E-state index in [9.17, 15) is 9.59 Å². The molecule has 3 unspecified atom stereocenters. The van der Waals surface area contributed by atoms with E-state index in [1.165, 1.54) is 27.4 Å². The molecule has 0 aliphatic carbocycles. The second-order valence-corrected chi connectivity index (χ2v) is 7.04. The standard InChI is InChI=1S/C22H18O8/c1-10(23)28-22-21-18(13-8-16(25-2)17(26-3)9-15(13)29-22)19(24)12-4-5-14-11(6-7-27-14)20(12)30-21/h4-9,18,21-22H,1-3H3. The third-order valence-electron chi connectivity index (χ3n) is 5.36. The van der Waals surface area contributed by atoms with Crippen LogP contribution in [0.25, 0.3) is 11.0 Å². The number of hydrogen-bond acceptors (Lipinski definition) is 8. The molecule has 3 heterocycles. The topological polar surface area (TPSA) is 93.4 Å². The number of furan rings is 1. The predicted octanol–water partition coefficient (Wildman–Crippen LogP) is 3.46. The van der Waals surface area contributed by atoms with E-state index in [1.807, 2.05) is 0 Å². The highest BCUT2D eigenvalue weighted by atomic mass is 16.7. The lowest BCUT2D eigenvalue weighted by Gasteiger charge is -2.41. The Kier molecular flexibility index (Phi) is 4.09. The fourth-order valence-electron chi connectivity index (χ4n) is 4.06. The maximum atomic E-state index is 13.6. The van der Waals surface area contributed by atoms with Gasteiger partial charge in [0.15, 0.2) is 23.4 Å². The summed E-state index contributed by atoms with van der Waals surface area (Å²) >= 11 is 0. The van der Waals surface area contributed by atoms with E-state index in [-0.39, 0.29) is 5.78 Å². The molecule has 0 radical (unpaired) electrons. The van der Waals surface area contributed by atoms with Gasteiger partial charge in [-0.1, -0.05) is 0 Å². The van der Waals surface area contributed by atoms with E-state index >= 15 is 0 Å². The molecule has 0 saturated carbocycles. The third kappa shape index (κ3) is 2.60. The summed E-state index contributed by atoms with van der Waals surface area (Å²) in [6.45, 7) is 1.27. The van der Waals surface area contributed by atoms with Crippen LogP contribution in [0.4, 0.5) is 0 Å². The summed E-state index contributed by atoms with van der Waals surface area (Å²) in [6, 6.07) is 8.44. The van der Waals surface area contributed by atoms with E-state index in [0.717, 1.165) is 0 Å². The number of methoxy groups -OCH3 is 2. The number of ether oxygens (including phenoxy) is 5. The Hall–Kier alpha value is -3.68. The van der Waals surface area contributed by atoms with Crippen LogP contribution in [0.2, 0.25) is 0 Å². The molecular weight excluding hydrogens is 392 g/mol. The highest BCUT2D eigenvalue weighted by molar-refractivity contribution is 6.09. The van der Waals surface area contributed by atoms with Crippen LogP contribution in [-0.4, -0.2) is 38.4 Å². The Morgan fingerprint density at radius 2 is 1.80 bits per heavy atom. The first-order valence-corrected chi connectivity index (χ1v) is 9.32. The van der Waals surface area contributed by atoms with E-state index in [4.69, 9.17) is 28.1 Å². The minimum atomic E-state index is -1.11. The monoisotopic (exact) mass is 410 g/mol. The Labute approximate surface area is 171 Å². The van der Waals surface area contributed by atoms with E-state index in [0.29, 0.717) is 45.1 Å². The summed E-state index contributed by atoms with van der Waals surface area (Å²) < 4.78 is 33.7. The molecule has 2 aromatic carbocycles. The Balaban J connectivity index is 1.70. The molecule has 1 aromatic heterocycles. The molecule has 0 amide bonds. The molecule has 2 aliphatic rings. The maximum absolute atomic E-state index is 13.6. The number of esters is 1. The molecule has 0 fully saturated rings. The van der Waals surface area contributed by atoms with E-state index < -0.39 is 24.3 Å². The molecule has 0 saturated heterocycles. The lowest BCUT2D eigenvalue weighted by atomic mass is 9.81. The summed E-state index contributed by atoms with van der Waals surface area (Å²) in [5.41, 5.74) is 1.59. The van der Waals surface area contributed by atoms with Gasteiger partial charge in [-0.2, -0.15) is 0 Å². The number of carbonyl (C=O) groups is 2. The number of benzene rings is 2. The van der Waals surface area contributed by atoms with Crippen molar-refractivity contribution in [3.63, 3.8) is 0 Å². The molecule has 8 heteroatoms. The first kappa shape index (κ1) is 18.4. The number of Topliss-reactive ketones (excluding diaryl/α,β-unsaturated/α-hetero) is 1. The van der Waals surface area contributed by atoms with Crippen LogP contribution in [0.15, 0.2) is 41.0 Å².